The quantitative estimate of drug-likeness (QED) is 0.380. The molecule has 1 saturated carbocycles. The molecule has 58 valence electrons. The highest BCUT2D eigenvalue weighted by molar-refractivity contribution is 6.22. The van der Waals surface area contributed by atoms with E-state index in [0.717, 1.165) is 6.42 Å². The van der Waals surface area contributed by atoms with Crippen molar-refractivity contribution in [2.75, 3.05) is 0 Å². The van der Waals surface area contributed by atoms with Crippen molar-refractivity contribution in [3.8, 4) is 0 Å². The van der Waals surface area contributed by atoms with Gasteiger partial charge in [-0.3, -0.25) is 0 Å². The van der Waals surface area contributed by atoms with Crippen molar-refractivity contribution >= 4 is 11.6 Å². The van der Waals surface area contributed by atoms with Crippen molar-refractivity contribution in [2.24, 2.45) is 5.92 Å². The Morgan fingerprint density at radius 1 is 1.60 bits per heavy atom. The summed E-state index contributed by atoms with van der Waals surface area (Å²) in [6.07, 6.45) is 0.606. The number of hydrogen-bond acceptors (Lipinski definition) is 0. The normalized spacial score (nSPS) is 41.9. The Kier molecular flexibility index (Phi) is 2.35. The molecule has 1 rings (SSSR count). The molecule has 0 nitrogen and oxygen atoms in total. The maximum absolute atomic E-state index is 12.9. The lowest BCUT2D eigenvalue weighted by Gasteiger charge is -2.27. The second-order valence-corrected chi connectivity index (χ2v) is 3.61. The molecule has 0 heterocycles. The van der Waals surface area contributed by atoms with Gasteiger partial charge in [0, 0.05) is 0 Å². The van der Waals surface area contributed by atoms with Gasteiger partial charge in [0.25, 0.3) is 0 Å². The van der Waals surface area contributed by atoms with E-state index >= 15 is 0 Å². The summed E-state index contributed by atoms with van der Waals surface area (Å²) in [7, 11) is 0. The Morgan fingerprint density at radius 2 is 2.20 bits per heavy atom. The Bertz CT molecular complexity index is 130. The van der Waals surface area contributed by atoms with E-state index in [0.29, 0.717) is 17.9 Å². The van der Waals surface area contributed by atoms with Gasteiger partial charge < -0.3 is 0 Å². The number of rotatable bonds is 0. The fourth-order valence-corrected chi connectivity index (χ4v) is 1.74. The van der Waals surface area contributed by atoms with Crippen molar-refractivity contribution < 1.29 is 4.39 Å². The van der Waals surface area contributed by atoms with E-state index in [1.807, 2.05) is 6.92 Å². The first kappa shape index (κ1) is 8.06. The molecule has 0 spiro atoms. The maximum Gasteiger partial charge on any atom is 0.123 e. The summed E-state index contributed by atoms with van der Waals surface area (Å²) in [5.74, 6) is 0.406. The second-order valence-electron chi connectivity index (χ2n) is 3.09. The van der Waals surface area contributed by atoms with Gasteiger partial charge in [-0.25, -0.2) is 4.39 Å². The van der Waals surface area contributed by atoms with Crippen LogP contribution in [0.25, 0.3) is 0 Å². The minimum atomic E-state index is -0.869. The van der Waals surface area contributed by atoms with Crippen molar-refractivity contribution in [3.05, 3.63) is 12.2 Å². The highest BCUT2D eigenvalue weighted by Gasteiger charge is 2.28. The monoisotopic (exact) mass is 162 g/mol. The van der Waals surface area contributed by atoms with Gasteiger partial charge in [0.05, 0.1) is 5.38 Å². The zero-order valence-electron chi connectivity index (χ0n) is 6.11. The number of hydrogen-bond donors (Lipinski definition) is 0. The van der Waals surface area contributed by atoms with Crippen LogP contribution in [0.1, 0.15) is 19.8 Å². The summed E-state index contributed by atoms with van der Waals surface area (Å²) >= 11 is 5.82. The Morgan fingerprint density at radius 3 is 2.70 bits per heavy atom. The van der Waals surface area contributed by atoms with Gasteiger partial charge in [0.15, 0.2) is 0 Å². The molecule has 0 N–H and O–H groups in total. The van der Waals surface area contributed by atoms with Crippen LogP contribution in [0.2, 0.25) is 0 Å². The Labute approximate surface area is 66.1 Å². The highest BCUT2D eigenvalue weighted by atomic mass is 35.5. The lowest BCUT2D eigenvalue weighted by Crippen LogP contribution is -2.25. The van der Waals surface area contributed by atoms with Crippen LogP contribution < -0.4 is 0 Å². The second kappa shape index (κ2) is 2.91. The number of allylic oxidation sites excluding steroid dienone is 1. The first-order valence-corrected chi connectivity index (χ1v) is 4.01. The maximum atomic E-state index is 12.9. The predicted octanol–water partition coefficient (Wildman–Crippen LogP) is 2.92. The molecular weight excluding hydrogens is 151 g/mol. The van der Waals surface area contributed by atoms with Gasteiger partial charge in [-0.05, 0) is 24.3 Å². The summed E-state index contributed by atoms with van der Waals surface area (Å²) < 4.78 is 12.9. The fraction of sp³-hybridized carbons (Fsp3) is 0.750. The lowest BCUT2D eigenvalue weighted by molar-refractivity contribution is 0.270. The molecule has 0 aromatic carbocycles. The number of halogens is 2. The first-order valence-electron chi connectivity index (χ1n) is 3.58. The molecule has 0 saturated heterocycles. The zero-order chi connectivity index (χ0) is 7.72. The third-order valence-corrected chi connectivity index (χ3v) is 2.48. The van der Waals surface area contributed by atoms with Gasteiger partial charge in [-0.15, -0.1) is 11.6 Å². The van der Waals surface area contributed by atoms with E-state index in [4.69, 9.17) is 11.6 Å². The summed E-state index contributed by atoms with van der Waals surface area (Å²) in [6, 6.07) is 0. The van der Waals surface area contributed by atoms with Crippen molar-refractivity contribution in [3.63, 3.8) is 0 Å². The molecule has 1 fully saturated rings. The Hall–Kier alpha value is -0.0400. The van der Waals surface area contributed by atoms with Crippen LogP contribution in [0.4, 0.5) is 4.39 Å². The van der Waals surface area contributed by atoms with E-state index in [-0.39, 0.29) is 5.38 Å². The SMILES string of the molecule is C=C1C(F)CC(C)CC1Cl. The van der Waals surface area contributed by atoms with E-state index < -0.39 is 6.17 Å². The molecule has 1 aliphatic rings. The topological polar surface area (TPSA) is 0 Å². The predicted molar refractivity (Wildman–Crippen MR) is 42.1 cm³/mol. The molecule has 0 aromatic rings. The summed E-state index contributed by atoms with van der Waals surface area (Å²) in [5.41, 5.74) is 0.569. The Balaban J connectivity index is 2.57. The molecule has 2 heteroatoms. The number of alkyl halides is 2. The molecule has 0 aromatic heterocycles. The third-order valence-electron chi connectivity index (χ3n) is 2.02. The minimum Gasteiger partial charge on any atom is -0.243 e. The van der Waals surface area contributed by atoms with Gasteiger partial charge in [-0.1, -0.05) is 13.5 Å². The molecule has 0 aliphatic heterocycles. The van der Waals surface area contributed by atoms with Crippen molar-refractivity contribution in [1.29, 1.82) is 0 Å². The van der Waals surface area contributed by atoms with Crippen LogP contribution in [0, 0.1) is 5.92 Å². The van der Waals surface area contributed by atoms with Gasteiger partial charge in [0.2, 0.25) is 0 Å². The van der Waals surface area contributed by atoms with Crippen LogP contribution in [-0.4, -0.2) is 11.5 Å². The van der Waals surface area contributed by atoms with E-state index in [2.05, 4.69) is 6.58 Å². The van der Waals surface area contributed by atoms with Crippen LogP contribution >= 0.6 is 11.6 Å². The van der Waals surface area contributed by atoms with Crippen LogP contribution in [0.5, 0.6) is 0 Å². The fourth-order valence-electron chi connectivity index (χ4n) is 1.30. The van der Waals surface area contributed by atoms with E-state index in [1.165, 1.54) is 0 Å². The zero-order valence-corrected chi connectivity index (χ0v) is 6.87. The molecule has 3 unspecified atom stereocenters. The molecule has 0 amide bonds. The van der Waals surface area contributed by atoms with E-state index in [9.17, 15) is 4.39 Å². The van der Waals surface area contributed by atoms with Crippen molar-refractivity contribution in [2.45, 2.75) is 31.3 Å². The highest BCUT2D eigenvalue weighted by Crippen LogP contribution is 2.32. The summed E-state index contributed by atoms with van der Waals surface area (Å²) in [6.45, 7) is 5.63. The van der Waals surface area contributed by atoms with Crippen LogP contribution in [-0.2, 0) is 0 Å². The molecule has 1 aliphatic carbocycles. The van der Waals surface area contributed by atoms with Gasteiger partial charge >= 0.3 is 0 Å². The first-order chi connectivity index (χ1) is 4.61. The lowest BCUT2D eigenvalue weighted by atomic mass is 9.86. The van der Waals surface area contributed by atoms with Crippen LogP contribution in [0.15, 0.2) is 12.2 Å². The third kappa shape index (κ3) is 1.51. The molecule has 10 heavy (non-hydrogen) atoms. The average molecular weight is 163 g/mol. The molecular formula is C8H12ClF. The molecule has 3 atom stereocenters. The largest absolute Gasteiger partial charge is 0.243 e. The standard InChI is InChI=1S/C8H12ClF/c1-5-3-7(9)6(2)8(10)4-5/h5,7-8H,2-4H2,1H3. The molecule has 0 radical (unpaired) electrons. The van der Waals surface area contributed by atoms with Crippen LogP contribution in [0.3, 0.4) is 0 Å². The summed E-state index contributed by atoms with van der Waals surface area (Å²) in [5, 5.41) is -0.140. The summed E-state index contributed by atoms with van der Waals surface area (Å²) in [4.78, 5) is 0. The average Bonchev–Trinajstić information content (AvgIpc) is 1.82. The minimum absolute atomic E-state index is 0.140. The van der Waals surface area contributed by atoms with Crippen molar-refractivity contribution in [1.82, 2.24) is 0 Å². The van der Waals surface area contributed by atoms with E-state index in [1.54, 1.807) is 0 Å². The molecule has 0 bridgehead atoms. The van der Waals surface area contributed by atoms with Gasteiger partial charge in [-0.2, -0.15) is 0 Å². The smallest absolute Gasteiger partial charge is 0.123 e. The van der Waals surface area contributed by atoms with Gasteiger partial charge in [0.1, 0.15) is 6.17 Å².